The predicted molar refractivity (Wildman–Crippen MR) is 104 cm³/mol. The van der Waals surface area contributed by atoms with Crippen molar-refractivity contribution in [2.24, 2.45) is 0 Å². The molecule has 0 aromatic carbocycles. The van der Waals surface area contributed by atoms with Crippen LogP contribution in [0.15, 0.2) is 34.5 Å². The Kier molecular flexibility index (Phi) is 4.53. The zero-order valence-electron chi connectivity index (χ0n) is 15.5. The minimum Gasteiger partial charge on any atom is -0.362 e. The van der Waals surface area contributed by atoms with Gasteiger partial charge in [-0.15, -0.1) is 0 Å². The molecule has 3 aliphatic rings. The number of aromatic nitrogens is 1. The van der Waals surface area contributed by atoms with E-state index in [0.29, 0.717) is 10.6 Å². The summed E-state index contributed by atoms with van der Waals surface area (Å²) in [5.74, 6) is 0.892. The van der Waals surface area contributed by atoms with E-state index >= 15 is 0 Å². The number of hydrogen-bond donors (Lipinski definition) is 2. The summed E-state index contributed by atoms with van der Waals surface area (Å²) in [6.07, 6.45) is 5.69. The Morgan fingerprint density at radius 2 is 2.08 bits per heavy atom. The Morgan fingerprint density at radius 3 is 2.81 bits per heavy atom. The molecule has 4 rings (SSSR count). The zero-order chi connectivity index (χ0) is 18.4. The van der Waals surface area contributed by atoms with Gasteiger partial charge in [0.15, 0.2) is 0 Å². The third-order valence-electron chi connectivity index (χ3n) is 5.78. The molecule has 2 atom stereocenters. The van der Waals surface area contributed by atoms with Crippen LogP contribution in [-0.4, -0.2) is 48.0 Å². The summed E-state index contributed by atoms with van der Waals surface area (Å²) >= 11 is 6.64. The van der Waals surface area contributed by atoms with Crippen LogP contribution in [0, 0.1) is 6.92 Å². The number of likely N-dealkylation sites (tertiary alicyclic amines) is 1. The Bertz CT molecular complexity index is 808. The fraction of sp³-hybridized carbons (Fsp3) is 0.500. The second-order valence-corrected chi connectivity index (χ2v) is 8.16. The highest BCUT2D eigenvalue weighted by atomic mass is 35.5. The van der Waals surface area contributed by atoms with E-state index in [0.717, 1.165) is 48.4 Å². The van der Waals surface area contributed by atoms with Crippen molar-refractivity contribution in [2.75, 3.05) is 25.5 Å². The molecule has 1 fully saturated rings. The lowest BCUT2D eigenvalue weighted by molar-refractivity contribution is -0.118. The minimum atomic E-state index is -0.0180. The van der Waals surface area contributed by atoms with E-state index in [2.05, 4.69) is 33.6 Å². The van der Waals surface area contributed by atoms with Crippen molar-refractivity contribution in [1.29, 1.82) is 0 Å². The number of fused-ring (bicyclic) bond motifs is 3. The van der Waals surface area contributed by atoms with Gasteiger partial charge in [0.25, 0.3) is 5.91 Å². The van der Waals surface area contributed by atoms with Crippen LogP contribution in [0.2, 0.25) is 0 Å². The average molecular weight is 373 g/mol. The fourth-order valence-electron chi connectivity index (χ4n) is 4.20. The van der Waals surface area contributed by atoms with Crippen molar-refractivity contribution in [3.05, 3.63) is 45.6 Å². The molecule has 6 heteroatoms. The van der Waals surface area contributed by atoms with Crippen LogP contribution in [0.5, 0.6) is 0 Å². The number of halogens is 1. The largest absolute Gasteiger partial charge is 0.362 e. The van der Waals surface area contributed by atoms with Gasteiger partial charge < -0.3 is 15.5 Å². The lowest BCUT2D eigenvalue weighted by atomic mass is 9.83. The number of piperidine rings is 1. The van der Waals surface area contributed by atoms with Gasteiger partial charge in [0.05, 0.1) is 6.04 Å². The number of rotatable bonds is 2. The van der Waals surface area contributed by atoms with Crippen molar-refractivity contribution in [1.82, 2.24) is 15.2 Å². The number of nitrogens with zero attached hydrogens (tertiary/aromatic N) is 2. The van der Waals surface area contributed by atoms with Crippen LogP contribution in [0.4, 0.5) is 5.82 Å². The number of hydrogen-bond acceptors (Lipinski definition) is 4. The van der Waals surface area contributed by atoms with Crippen LogP contribution in [0.3, 0.4) is 0 Å². The van der Waals surface area contributed by atoms with Gasteiger partial charge in [0, 0.05) is 34.3 Å². The SMILES string of the molecule is CC1=C(C(=O)NC2CCN(C)CC2)C=C(Cl)C2c3cc(C)cnc3NC12. The molecule has 0 saturated carbocycles. The van der Waals surface area contributed by atoms with Crippen LogP contribution in [0.25, 0.3) is 0 Å². The van der Waals surface area contributed by atoms with Gasteiger partial charge >= 0.3 is 0 Å². The van der Waals surface area contributed by atoms with E-state index in [1.54, 1.807) is 0 Å². The van der Waals surface area contributed by atoms with Crippen molar-refractivity contribution in [3.63, 3.8) is 0 Å². The lowest BCUT2D eigenvalue weighted by Crippen LogP contribution is -2.44. The van der Waals surface area contributed by atoms with E-state index in [-0.39, 0.29) is 23.9 Å². The molecule has 1 amide bonds. The highest BCUT2D eigenvalue weighted by molar-refractivity contribution is 6.31. The summed E-state index contributed by atoms with van der Waals surface area (Å²) in [5, 5.41) is 7.36. The maximum absolute atomic E-state index is 12.9. The van der Waals surface area contributed by atoms with E-state index in [9.17, 15) is 4.79 Å². The number of pyridine rings is 1. The molecular weight excluding hydrogens is 348 g/mol. The third-order valence-corrected chi connectivity index (χ3v) is 6.13. The van der Waals surface area contributed by atoms with Gasteiger partial charge in [-0.1, -0.05) is 17.7 Å². The van der Waals surface area contributed by atoms with E-state index in [1.165, 1.54) is 0 Å². The van der Waals surface area contributed by atoms with Gasteiger partial charge in [-0.25, -0.2) is 4.98 Å². The van der Waals surface area contributed by atoms with Gasteiger partial charge in [0.2, 0.25) is 0 Å². The smallest absolute Gasteiger partial charge is 0.251 e. The van der Waals surface area contributed by atoms with Crippen molar-refractivity contribution in [3.8, 4) is 0 Å². The first-order valence-electron chi connectivity index (χ1n) is 9.24. The number of amides is 1. The number of carbonyl (C=O) groups excluding carboxylic acids is 1. The molecule has 1 saturated heterocycles. The van der Waals surface area contributed by atoms with Crippen molar-refractivity contribution in [2.45, 2.75) is 44.7 Å². The molecular formula is C20H25ClN4O. The summed E-state index contributed by atoms with van der Waals surface area (Å²) in [6, 6.07) is 2.37. The second kappa shape index (κ2) is 6.71. The Labute approximate surface area is 159 Å². The lowest BCUT2D eigenvalue weighted by Gasteiger charge is -2.31. The highest BCUT2D eigenvalue weighted by Gasteiger charge is 2.40. The Balaban J connectivity index is 1.57. The third kappa shape index (κ3) is 3.03. The normalized spacial score (nSPS) is 26.1. The van der Waals surface area contributed by atoms with Crippen LogP contribution >= 0.6 is 11.6 Å². The first-order valence-corrected chi connectivity index (χ1v) is 9.62. The summed E-state index contributed by atoms with van der Waals surface area (Å²) in [7, 11) is 2.12. The summed E-state index contributed by atoms with van der Waals surface area (Å²) in [6.45, 7) is 6.09. The Morgan fingerprint density at radius 1 is 1.35 bits per heavy atom. The molecule has 0 spiro atoms. The molecule has 138 valence electrons. The summed E-state index contributed by atoms with van der Waals surface area (Å²) in [4.78, 5) is 19.7. The summed E-state index contributed by atoms with van der Waals surface area (Å²) < 4.78 is 0. The standard InChI is InChI=1S/C20H25ClN4O/c1-11-8-15-17-16(21)9-14(12(2)18(17)24-19(15)22-10-11)20(26)23-13-4-6-25(3)7-5-13/h8-10,13,17-18H,4-7H2,1-3H3,(H,22,24)(H,23,26). The molecule has 2 unspecified atom stereocenters. The van der Waals surface area contributed by atoms with Crippen LogP contribution < -0.4 is 10.6 Å². The first kappa shape index (κ1) is 17.6. The van der Waals surface area contributed by atoms with Crippen molar-refractivity contribution >= 4 is 23.3 Å². The molecule has 1 aromatic rings. The molecule has 0 radical (unpaired) electrons. The monoisotopic (exact) mass is 372 g/mol. The molecule has 2 N–H and O–H groups in total. The molecule has 1 aromatic heterocycles. The minimum absolute atomic E-state index is 0.00459. The molecule has 3 heterocycles. The van der Waals surface area contributed by atoms with Gasteiger partial charge in [-0.2, -0.15) is 0 Å². The quantitative estimate of drug-likeness (QED) is 0.838. The highest BCUT2D eigenvalue weighted by Crippen LogP contribution is 2.47. The fourth-order valence-corrected chi connectivity index (χ4v) is 4.55. The summed E-state index contributed by atoms with van der Waals surface area (Å²) in [5.41, 5.74) is 3.95. The van der Waals surface area contributed by atoms with Gasteiger partial charge in [-0.3, -0.25) is 4.79 Å². The number of carbonyl (C=O) groups is 1. The van der Waals surface area contributed by atoms with E-state index in [4.69, 9.17) is 11.6 Å². The molecule has 26 heavy (non-hydrogen) atoms. The number of nitrogens with one attached hydrogen (secondary N) is 2. The van der Waals surface area contributed by atoms with Crippen LogP contribution in [-0.2, 0) is 4.79 Å². The maximum Gasteiger partial charge on any atom is 0.251 e. The first-order chi connectivity index (χ1) is 12.4. The van der Waals surface area contributed by atoms with E-state index < -0.39 is 0 Å². The molecule has 5 nitrogen and oxygen atoms in total. The van der Waals surface area contributed by atoms with Crippen LogP contribution in [0.1, 0.15) is 36.8 Å². The maximum atomic E-state index is 12.9. The number of anilines is 1. The predicted octanol–water partition coefficient (Wildman–Crippen LogP) is 2.93. The van der Waals surface area contributed by atoms with Crippen molar-refractivity contribution < 1.29 is 4.79 Å². The average Bonchev–Trinajstić information content (AvgIpc) is 2.99. The number of aryl methyl sites for hydroxylation is 1. The Hall–Kier alpha value is -1.85. The zero-order valence-corrected chi connectivity index (χ0v) is 16.2. The van der Waals surface area contributed by atoms with E-state index in [1.807, 2.05) is 26.1 Å². The molecule has 2 aliphatic heterocycles. The van der Waals surface area contributed by atoms with Gasteiger partial charge in [-0.05, 0) is 64.0 Å². The second-order valence-electron chi connectivity index (χ2n) is 7.73. The topological polar surface area (TPSA) is 57.3 Å². The molecule has 0 bridgehead atoms. The van der Waals surface area contributed by atoms with Gasteiger partial charge in [0.1, 0.15) is 5.82 Å². The molecule has 1 aliphatic carbocycles.